The molecule has 16 heavy (non-hydrogen) atoms. The zero-order valence-corrected chi connectivity index (χ0v) is 10.4. The zero-order chi connectivity index (χ0) is 12.3. The van der Waals surface area contributed by atoms with E-state index in [1.54, 1.807) is 4.90 Å². The molecule has 1 rings (SSSR count). The van der Waals surface area contributed by atoms with Gasteiger partial charge in [-0.3, -0.25) is 4.79 Å². The van der Waals surface area contributed by atoms with E-state index in [1.807, 2.05) is 20.8 Å². The van der Waals surface area contributed by atoms with E-state index in [0.29, 0.717) is 0 Å². The Kier molecular flexibility index (Phi) is 3.93. The fraction of sp³-hybridized carbons (Fsp3) is 0.833. The number of nitriles is 1. The third-order valence-corrected chi connectivity index (χ3v) is 3.24. The summed E-state index contributed by atoms with van der Waals surface area (Å²) in [7, 11) is 0. The van der Waals surface area contributed by atoms with Crippen LogP contribution in [0.15, 0.2) is 0 Å². The molecule has 1 aliphatic rings. The smallest absolute Gasteiger partial charge is 0.241 e. The SMILES string of the molecule is CC(C)(C)[C@H](N)C(=O)N(CC#N)C1CCC1. The van der Waals surface area contributed by atoms with Crippen LogP contribution in [0.3, 0.4) is 0 Å². The number of nitrogens with zero attached hydrogens (tertiary/aromatic N) is 2. The van der Waals surface area contributed by atoms with Gasteiger partial charge in [0.2, 0.25) is 5.91 Å². The molecular weight excluding hydrogens is 202 g/mol. The molecule has 1 amide bonds. The van der Waals surface area contributed by atoms with Crippen LogP contribution in [0.1, 0.15) is 40.0 Å². The summed E-state index contributed by atoms with van der Waals surface area (Å²) in [5.41, 5.74) is 5.69. The van der Waals surface area contributed by atoms with Crippen molar-refractivity contribution in [3.63, 3.8) is 0 Å². The summed E-state index contributed by atoms with van der Waals surface area (Å²) in [5.74, 6) is -0.0845. The summed E-state index contributed by atoms with van der Waals surface area (Å²) >= 11 is 0. The lowest BCUT2D eigenvalue weighted by Crippen LogP contribution is -2.55. The Balaban J connectivity index is 2.71. The average molecular weight is 223 g/mol. The lowest BCUT2D eigenvalue weighted by atomic mass is 9.84. The van der Waals surface area contributed by atoms with Gasteiger partial charge in [-0.2, -0.15) is 5.26 Å². The van der Waals surface area contributed by atoms with E-state index < -0.39 is 6.04 Å². The molecule has 0 aromatic rings. The Morgan fingerprint density at radius 3 is 2.44 bits per heavy atom. The van der Waals surface area contributed by atoms with Crippen LogP contribution < -0.4 is 5.73 Å². The summed E-state index contributed by atoms with van der Waals surface area (Å²) in [6.07, 6.45) is 3.15. The van der Waals surface area contributed by atoms with Gasteiger partial charge in [0.1, 0.15) is 6.54 Å². The minimum atomic E-state index is -0.526. The van der Waals surface area contributed by atoms with E-state index in [2.05, 4.69) is 6.07 Å². The summed E-state index contributed by atoms with van der Waals surface area (Å²) in [4.78, 5) is 13.8. The first-order valence-corrected chi connectivity index (χ1v) is 5.81. The second-order valence-electron chi connectivity index (χ2n) is 5.55. The standard InChI is InChI=1S/C12H21N3O/c1-12(2,3)10(14)11(16)15(8-7-13)9-5-4-6-9/h9-10H,4-6,8,14H2,1-3H3/t10-/m1/s1. The van der Waals surface area contributed by atoms with Gasteiger partial charge in [0, 0.05) is 6.04 Å². The van der Waals surface area contributed by atoms with Gasteiger partial charge in [-0.1, -0.05) is 20.8 Å². The van der Waals surface area contributed by atoms with Gasteiger partial charge in [-0.25, -0.2) is 0 Å². The average Bonchev–Trinajstić information content (AvgIpc) is 2.10. The minimum absolute atomic E-state index is 0.0845. The predicted octanol–water partition coefficient (Wildman–Crippen LogP) is 1.26. The van der Waals surface area contributed by atoms with Crippen molar-refractivity contribution in [2.24, 2.45) is 11.1 Å². The van der Waals surface area contributed by atoms with Crippen molar-refractivity contribution < 1.29 is 4.79 Å². The molecule has 0 saturated heterocycles. The zero-order valence-electron chi connectivity index (χ0n) is 10.4. The van der Waals surface area contributed by atoms with Crippen molar-refractivity contribution in [3.8, 4) is 6.07 Å². The summed E-state index contributed by atoms with van der Waals surface area (Å²) in [6.45, 7) is 6.00. The molecule has 4 nitrogen and oxygen atoms in total. The molecule has 1 fully saturated rings. The summed E-state index contributed by atoms with van der Waals surface area (Å²) in [5, 5.41) is 8.75. The molecule has 0 bridgehead atoms. The van der Waals surface area contributed by atoms with E-state index in [-0.39, 0.29) is 23.9 Å². The highest BCUT2D eigenvalue weighted by Crippen LogP contribution is 2.27. The molecular formula is C12H21N3O. The van der Waals surface area contributed by atoms with Crippen LogP contribution in [0, 0.1) is 16.7 Å². The van der Waals surface area contributed by atoms with E-state index in [1.165, 1.54) is 0 Å². The lowest BCUT2D eigenvalue weighted by molar-refractivity contribution is -0.138. The second kappa shape index (κ2) is 4.84. The van der Waals surface area contributed by atoms with Gasteiger partial charge in [0.05, 0.1) is 12.1 Å². The molecule has 1 atom stereocenters. The van der Waals surface area contributed by atoms with E-state index in [9.17, 15) is 4.79 Å². The molecule has 1 aliphatic carbocycles. The number of carbonyl (C=O) groups excluding carboxylic acids is 1. The van der Waals surface area contributed by atoms with Crippen LogP contribution in [0.2, 0.25) is 0 Å². The maximum absolute atomic E-state index is 12.2. The molecule has 4 heteroatoms. The minimum Gasteiger partial charge on any atom is -0.325 e. The first kappa shape index (κ1) is 13.0. The van der Waals surface area contributed by atoms with Gasteiger partial charge in [-0.05, 0) is 24.7 Å². The number of nitrogens with two attached hydrogens (primary N) is 1. The van der Waals surface area contributed by atoms with Crippen LogP contribution in [0.5, 0.6) is 0 Å². The van der Waals surface area contributed by atoms with E-state index in [0.717, 1.165) is 19.3 Å². The molecule has 0 aliphatic heterocycles. The highest BCUT2D eigenvalue weighted by molar-refractivity contribution is 5.83. The van der Waals surface area contributed by atoms with E-state index in [4.69, 9.17) is 11.0 Å². The van der Waals surface area contributed by atoms with Crippen LogP contribution in [0.25, 0.3) is 0 Å². The predicted molar refractivity (Wildman–Crippen MR) is 62.4 cm³/mol. The fourth-order valence-electron chi connectivity index (χ4n) is 1.71. The molecule has 0 aromatic carbocycles. The number of rotatable bonds is 3. The van der Waals surface area contributed by atoms with Crippen molar-refractivity contribution >= 4 is 5.91 Å². The van der Waals surface area contributed by atoms with Crippen molar-refractivity contribution in [3.05, 3.63) is 0 Å². The Bertz CT molecular complexity index is 296. The van der Waals surface area contributed by atoms with Crippen LogP contribution >= 0.6 is 0 Å². The molecule has 2 N–H and O–H groups in total. The molecule has 0 radical (unpaired) electrons. The Morgan fingerprint density at radius 1 is 1.56 bits per heavy atom. The highest BCUT2D eigenvalue weighted by Gasteiger charge is 2.35. The maximum atomic E-state index is 12.2. The monoisotopic (exact) mass is 223 g/mol. The first-order chi connectivity index (χ1) is 7.38. The number of hydrogen-bond acceptors (Lipinski definition) is 3. The number of hydrogen-bond donors (Lipinski definition) is 1. The van der Waals surface area contributed by atoms with Crippen LogP contribution in [0.4, 0.5) is 0 Å². The fourth-order valence-corrected chi connectivity index (χ4v) is 1.71. The van der Waals surface area contributed by atoms with E-state index >= 15 is 0 Å². The Morgan fingerprint density at radius 2 is 2.12 bits per heavy atom. The molecule has 0 heterocycles. The largest absolute Gasteiger partial charge is 0.325 e. The third kappa shape index (κ3) is 2.73. The molecule has 0 spiro atoms. The Labute approximate surface area is 97.4 Å². The quantitative estimate of drug-likeness (QED) is 0.732. The van der Waals surface area contributed by atoms with Gasteiger partial charge < -0.3 is 10.6 Å². The van der Waals surface area contributed by atoms with Crippen molar-refractivity contribution in [2.75, 3.05) is 6.54 Å². The van der Waals surface area contributed by atoms with Crippen molar-refractivity contribution in [2.45, 2.75) is 52.1 Å². The number of carbonyl (C=O) groups is 1. The van der Waals surface area contributed by atoms with Crippen molar-refractivity contribution in [1.82, 2.24) is 4.90 Å². The highest BCUT2D eigenvalue weighted by atomic mass is 16.2. The maximum Gasteiger partial charge on any atom is 0.241 e. The second-order valence-corrected chi connectivity index (χ2v) is 5.55. The third-order valence-electron chi connectivity index (χ3n) is 3.24. The molecule has 0 aromatic heterocycles. The van der Waals surface area contributed by atoms with Crippen LogP contribution in [-0.4, -0.2) is 29.4 Å². The van der Waals surface area contributed by atoms with Gasteiger partial charge >= 0.3 is 0 Å². The normalized spacial score (nSPS) is 18.4. The van der Waals surface area contributed by atoms with Gasteiger partial charge in [0.15, 0.2) is 0 Å². The van der Waals surface area contributed by atoms with Gasteiger partial charge in [-0.15, -0.1) is 0 Å². The molecule has 0 unspecified atom stereocenters. The lowest BCUT2D eigenvalue weighted by Gasteiger charge is -2.39. The summed E-state index contributed by atoms with van der Waals surface area (Å²) in [6, 6.07) is 1.76. The molecule has 1 saturated carbocycles. The first-order valence-electron chi connectivity index (χ1n) is 5.81. The number of amides is 1. The Hall–Kier alpha value is -1.08. The van der Waals surface area contributed by atoms with Gasteiger partial charge in [0.25, 0.3) is 0 Å². The molecule has 90 valence electrons. The van der Waals surface area contributed by atoms with Crippen molar-refractivity contribution in [1.29, 1.82) is 5.26 Å². The topological polar surface area (TPSA) is 70.1 Å². The summed E-state index contributed by atoms with van der Waals surface area (Å²) < 4.78 is 0. The van der Waals surface area contributed by atoms with Crippen LogP contribution in [-0.2, 0) is 4.79 Å².